The third-order valence-corrected chi connectivity index (χ3v) is 2.56. The smallest absolute Gasteiger partial charge is 0.166 e. The zero-order valence-electron chi connectivity index (χ0n) is 9.55. The van der Waals surface area contributed by atoms with E-state index in [-0.39, 0.29) is 0 Å². The van der Waals surface area contributed by atoms with Gasteiger partial charge in [-0.2, -0.15) is 0 Å². The first-order chi connectivity index (χ1) is 7.72. The average molecular weight is 217 g/mol. The highest BCUT2D eigenvalue weighted by Crippen LogP contribution is 2.10. The van der Waals surface area contributed by atoms with Gasteiger partial charge in [0.25, 0.3) is 0 Å². The lowest BCUT2D eigenvalue weighted by molar-refractivity contribution is 0.111. The van der Waals surface area contributed by atoms with Gasteiger partial charge in [0.1, 0.15) is 5.82 Å². The zero-order valence-corrected chi connectivity index (χ0v) is 9.55. The van der Waals surface area contributed by atoms with E-state index < -0.39 is 0 Å². The summed E-state index contributed by atoms with van der Waals surface area (Å²) in [4.78, 5) is 17.4. The van der Waals surface area contributed by atoms with E-state index in [1.54, 1.807) is 12.3 Å². The summed E-state index contributed by atoms with van der Waals surface area (Å²) in [6, 6.07) is 5.64. The highest BCUT2D eigenvalue weighted by Gasteiger charge is 2.07. The molecular formula is C12H15N3O. The molecule has 4 heteroatoms. The molecule has 0 saturated heterocycles. The molecule has 0 aliphatic carbocycles. The van der Waals surface area contributed by atoms with Crippen LogP contribution in [0.1, 0.15) is 16.3 Å². The number of likely N-dealkylation sites (N-methyl/N-ethyl adjacent to an activating group) is 1. The van der Waals surface area contributed by atoms with Crippen LogP contribution in [0.15, 0.2) is 24.4 Å². The van der Waals surface area contributed by atoms with Crippen molar-refractivity contribution >= 4 is 11.8 Å². The van der Waals surface area contributed by atoms with Gasteiger partial charge in [-0.1, -0.05) is 6.07 Å². The molecule has 0 aromatic carbocycles. The molecule has 0 spiro atoms. The van der Waals surface area contributed by atoms with E-state index in [9.17, 15) is 4.79 Å². The van der Waals surface area contributed by atoms with Crippen molar-refractivity contribution in [1.82, 2.24) is 14.3 Å². The second kappa shape index (κ2) is 4.45. The van der Waals surface area contributed by atoms with Crippen molar-refractivity contribution in [2.24, 2.45) is 0 Å². The first-order valence-electron chi connectivity index (χ1n) is 5.27. The van der Waals surface area contributed by atoms with Gasteiger partial charge in [-0.15, -0.1) is 0 Å². The molecule has 2 aromatic rings. The predicted octanol–water partition coefficient (Wildman–Crippen LogP) is 1.25. The standard InChI is InChI=1S/C12H15N3O/c1-14(2)7-6-12-13-8-10-4-3-5-11(9-16)15(10)12/h3-5,8-9H,6-7H2,1-2H3. The number of carbonyl (C=O) groups excluding carboxylic acids is 1. The largest absolute Gasteiger partial charge is 0.309 e. The Morgan fingerprint density at radius 1 is 1.44 bits per heavy atom. The molecule has 0 aliphatic rings. The zero-order chi connectivity index (χ0) is 11.5. The van der Waals surface area contributed by atoms with Crippen LogP contribution in [0.3, 0.4) is 0 Å². The maximum Gasteiger partial charge on any atom is 0.166 e. The Labute approximate surface area is 94.5 Å². The maximum absolute atomic E-state index is 10.9. The van der Waals surface area contributed by atoms with E-state index in [0.29, 0.717) is 5.69 Å². The summed E-state index contributed by atoms with van der Waals surface area (Å²) < 4.78 is 1.91. The minimum absolute atomic E-state index is 0.656. The molecule has 2 heterocycles. The molecule has 2 aromatic heterocycles. The number of rotatable bonds is 4. The van der Waals surface area contributed by atoms with Crippen molar-refractivity contribution in [2.75, 3.05) is 20.6 Å². The third-order valence-electron chi connectivity index (χ3n) is 2.56. The summed E-state index contributed by atoms with van der Waals surface area (Å²) in [6.45, 7) is 0.923. The van der Waals surface area contributed by atoms with E-state index >= 15 is 0 Å². The van der Waals surface area contributed by atoms with Crippen molar-refractivity contribution in [1.29, 1.82) is 0 Å². The van der Waals surface area contributed by atoms with Crippen molar-refractivity contribution in [3.8, 4) is 0 Å². The molecule has 2 rings (SSSR count). The molecule has 16 heavy (non-hydrogen) atoms. The number of aldehydes is 1. The van der Waals surface area contributed by atoms with Gasteiger partial charge in [0.15, 0.2) is 6.29 Å². The van der Waals surface area contributed by atoms with Crippen LogP contribution in [0.25, 0.3) is 5.52 Å². The van der Waals surface area contributed by atoms with Crippen LogP contribution < -0.4 is 0 Å². The third kappa shape index (κ3) is 1.97. The summed E-state index contributed by atoms with van der Waals surface area (Å²) in [5, 5.41) is 0. The number of carbonyl (C=O) groups is 1. The summed E-state index contributed by atoms with van der Waals surface area (Å²) in [5.41, 5.74) is 1.63. The Hall–Kier alpha value is -1.68. The maximum atomic E-state index is 10.9. The Bertz CT molecular complexity index is 502. The van der Waals surface area contributed by atoms with Crippen molar-refractivity contribution in [2.45, 2.75) is 6.42 Å². The van der Waals surface area contributed by atoms with Gasteiger partial charge in [0.05, 0.1) is 17.4 Å². The molecule has 0 fully saturated rings. The van der Waals surface area contributed by atoms with Gasteiger partial charge in [-0.3, -0.25) is 9.20 Å². The molecule has 0 aliphatic heterocycles. The topological polar surface area (TPSA) is 37.6 Å². The monoisotopic (exact) mass is 217 g/mol. The lowest BCUT2D eigenvalue weighted by atomic mass is 10.3. The van der Waals surface area contributed by atoms with Gasteiger partial charge in [0, 0.05) is 13.0 Å². The number of hydrogen-bond donors (Lipinski definition) is 0. The molecule has 0 atom stereocenters. The second-order valence-corrected chi connectivity index (χ2v) is 4.06. The van der Waals surface area contributed by atoms with Crippen LogP contribution in [0, 0.1) is 0 Å². The van der Waals surface area contributed by atoms with Gasteiger partial charge in [-0.25, -0.2) is 4.98 Å². The number of aromatic nitrogens is 2. The summed E-state index contributed by atoms with van der Waals surface area (Å²) in [6.07, 6.45) is 3.51. The number of pyridine rings is 1. The van der Waals surface area contributed by atoms with E-state index in [2.05, 4.69) is 9.88 Å². The molecule has 0 unspecified atom stereocenters. The van der Waals surface area contributed by atoms with Crippen LogP contribution >= 0.6 is 0 Å². The normalized spacial score (nSPS) is 11.2. The van der Waals surface area contributed by atoms with Crippen molar-refractivity contribution < 1.29 is 4.79 Å². The first kappa shape index (κ1) is 10.8. The lowest BCUT2D eigenvalue weighted by Crippen LogP contribution is -2.16. The van der Waals surface area contributed by atoms with E-state index in [0.717, 1.165) is 30.6 Å². The predicted molar refractivity (Wildman–Crippen MR) is 62.8 cm³/mol. The number of fused-ring (bicyclic) bond motifs is 1. The molecule has 4 nitrogen and oxygen atoms in total. The van der Waals surface area contributed by atoms with Gasteiger partial charge < -0.3 is 4.90 Å². The van der Waals surface area contributed by atoms with Crippen LogP contribution in [-0.2, 0) is 6.42 Å². The minimum atomic E-state index is 0.656. The lowest BCUT2D eigenvalue weighted by Gasteiger charge is -2.09. The molecule has 0 radical (unpaired) electrons. The summed E-state index contributed by atoms with van der Waals surface area (Å²) in [7, 11) is 4.05. The summed E-state index contributed by atoms with van der Waals surface area (Å²) in [5.74, 6) is 0.936. The molecule has 0 bridgehead atoms. The van der Waals surface area contributed by atoms with Crippen LogP contribution in [-0.4, -0.2) is 41.2 Å². The minimum Gasteiger partial charge on any atom is -0.309 e. The number of imidazole rings is 1. The fourth-order valence-corrected chi connectivity index (χ4v) is 1.73. The second-order valence-electron chi connectivity index (χ2n) is 4.06. The fourth-order valence-electron chi connectivity index (χ4n) is 1.73. The highest BCUT2D eigenvalue weighted by molar-refractivity contribution is 5.74. The number of nitrogens with zero attached hydrogens (tertiary/aromatic N) is 3. The van der Waals surface area contributed by atoms with Crippen LogP contribution in [0.4, 0.5) is 0 Å². The Morgan fingerprint density at radius 2 is 2.25 bits per heavy atom. The average Bonchev–Trinajstić information content (AvgIpc) is 2.69. The summed E-state index contributed by atoms with van der Waals surface area (Å²) >= 11 is 0. The highest BCUT2D eigenvalue weighted by atomic mass is 16.1. The Morgan fingerprint density at radius 3 is 2.94 bits per heavy atom. The van der Waals surface area contributed by atoms with Crippen molar-refractivity contribution in [3.63, 3.8) is 0 Å². The van der Waals surface area contributed by atoms with E-state index in [1.807, 2.05) is 30.6 Å². The molecule has 0 N–H and O–H groups in total. The van der Waals surface area contributed by atoms with Gasteiger partial charge in [0.2, 0.25) is 0 Å². The Balaban J connectivity index is 2.41. The first-order valence-corrected chi connectivity index (χ1v) is 5.27. The van der Waals surface area contributed by atoms with Crippen molar-refractivity contribution in [3.05, 3.63) is 35.9 Å². The van der Waals surface area contributed by atoms with Crippen LogP contribution in [0.5, 0.6) is 0 Å². The quantitative estimate of drug-likeness (QED) is 0.723. The molecular weight excluding hydrogens is 202 g/mol. The van der Waals surface area contributed by atoms with E-state index in [1.165, 1.54) is 0 Å². The van der Waals surface area contributed by atoms with Gasteiger partial charge >= 0.3 is 0 Å². The SMILES string of the molecule is CN(C)CCc1ncc2cccc(C=O)n12. The molecule has 84 valence electrons. The van der Waals surface area contributed by atoms with Gasteiger partial charge in [-0.05, 0) is 26.2 Å². The molecule has 0 amide bonds. The fraction of sp³-hybridized carbons (Fsp3) is 0.333. The van der Waals surface area contributed by atoms with E-state index in [4.69, 9.17) is 0 Å². The Kier molecular flexibility index (Phi) is 3.01. The van der Waals surface area contributed by atoms with Crippen LogP contribution in [0.2, 0.25) is 0 Å². The number of hydrogen-bond acceptors (Lipinski definition) is 3. The molecule has 0 saturated carbocycles.